The van der Waals surface area contributed by atoms with E-state index in [1.807, 2.05) is 24.0 Å². The summed E-state index contributed by atoms with van der Waals surface area (Å²) in [7, 11) is 1.66. The minimum atomic E-state index is -0.604. The zero-order valence-corrected chi connectivity index (χ0v) is 15.1. The molecule has 0 aliphatic carbocycles. The number of benzene rings is 1. The number of hydrogen-bond donors (Lipinski definition) is 2. The lowest BCUT2D eigenvalue weighted by Gasteiger charge is -2.37. The van der Waals surface area contributed by atoms with Crippen molar-refractivity contribution < 1.29 is 19.1 Å². The Morgan fingerprint density at radius 3 is 2.58 bits per heavy atom. The number of carbonyl (C=O) groups excluding carboxylic acids is 3. The Kier molecular flexibility index (Phi) is 5.29. The molecule has 0 unspecified atom stereocenters. The fraction of sp³-hybridized carbons (Fsp3) is 0.500. The van der Waals surface area contributed by atoms with Gasteiger partial charge in [0, 0.05) is 43.9 Å². The summed E-state index contributed by atoms with van der Waals surface area (Å²) < 4.78 is 5.38. The lowest BCUT2D eigenvalue weighted by atomic mass is 10.1. The van der Waals surface area contributed by atoms with Crippen LogP contribution < -0.4 is 20.3 Å². The number of urea groups is 1. The van der Waals surface area contributed by atoms with Crippen molar-refractivity contribution in [2.24, 2.45) is 0 Å². The van der Waals surface area contributed by atoms with E-state index in [2.05, 4.69) is 21.6 Å². The molecule has 1 aromatic carbocycles. The number of rotatable bonds is 5. The number of methoxy groups -OCH3 is 1. The number of piperazine rings is 1. The number of amides is 4. The van der Waals surface area contributed by atoms with Crippen molar-refractivity contribution in [3.8, 4) is 5.75 Å². The van der Waals surface area contributed by atoms with Gasteiger partial charge in [0.05, 0.1) is 7.11 Å². The van der Waals surface area contributed by atoms with Gasteiger partial charge >= 0.3 is 6.03 Å². The molecule has 2 fully saturated rings. The van der Waals surface area contributed by atoms with Gasteiger partial charge in [0.25, 0.3) is 5.91 Å². The molecule has 8 heteroatoms. The van der Waals surface area contributed by atoms with Gasteiger partial charge in [-0.1, -0.05) is 6.07 Å². The second kappa shape index (κ2) is 7.63. The van der Waals surface area contributed by atoms with Crippen LogP contribution in [0.2, 0.25) is 0 Å². The number of hydrogen-bond acceptors (Lipinski definition) is 5. The molecule has 1 aromatic rings. The zero-order chi connectivity index (χ0) is 18.7. The number of anilines is 1. The van der Waals surface area contributed by atoms with Gasteiger partial charge in [-0.05, 0) is 25.5 Å². The first kappa shape index (κ1) is 18.0. The summed E-state index contributed by atoms with van der Waals surface area (Å²) in [5.41, 5.74) is 2.22. The monoisotopic (exact) mass is 360 g/mol. The van der Waals surface area contributed by atoms with Crippen molar-refractivity contribution in [2.45, 2.75) is 25.8 Å². The topological polar surface area (TPSA) is 91.0 Å². The third-order valence-corrected chi connectivity index (χ3v) is 4.95. The van der Waals surface area contributed by atoms with Gasteiger partial charge in [-0.2, -0.15) is 0 Å². The predicted molar refractivity (Wildman–Crippen MR) is 96.2 cm³/mol. The standard InChI is InChI=1S/C18H24N4O4/c1-12-14(4-3-5-15(12)26-2)21-8-10-22(11-9-21)16(23)7-6-13-17(24)20-18(25)19-13/h3-5,13H,6-11H2,1-2H3,(H2,19,20,24,25)/t13-/m1/s1. The second-order valence-electron chi connectivity index (χ2n) is 6.53. The van der Waals surface area contributed by atoms with Crippen molar-refractivity contribution in [1.82, 2.24) is 15.5 Å². The van der Waals surface area contributed by atoms with Crippen molar-refractivity contribution >= 4 is 23.5 Å². The first-order valence-corrected chi connectivity index (χ1v) is 8.77. The van der Waals surface area contributed by atoms with E-state index in [-0.39, 0.29) is 18.2 Å². The largest absolute Gasteiger partial charge is 0.496 e. The summed E-state index contributed by atoms with van der Waals surface area (Å²) in [5.74, 6) is 0.514. The lowest BCUT2D eigenvalue weighted by Crippen LogP contribution is -2.49. The first-order chi connectivity index (χ1) is 12.5. The molecule has 0 saturated carbocycles. The quantitative estimate of drug-likeness (QED) is 0.752. The molecule has 2 saturated heterocycles. The highest BCUT2D eigenvalue weighted by molar-refractivity contribution is 6.04. The molecule has 2 N–H and O–H groups in total. The van der Waals surface area contributed by atoms with E-state index in [4.69, 9.17) is 4.74 Å². The highest BCUT2D eigenvalue weighted by Gasteiger charge is 2.30. The maximum Gasteiger partial charge on any atom is 0.322 e. The van der Waals surface area contributed by atoms with Crippen LogP contribution in [0.1, 0.15) is 18.4 Å². The van der Waals surface area contributed by atoms with E-state index in [1.165, 1.54) is 0 Å². The molecule has 0 aromatic heterocycles. The smallest absolute Gasteiger partial charge is 0.322 e. The van der Waals surface area contributed by atoms with Crippen LogP contribution >= 0.6 is 0 Å². The Morgan fingerprint density at radius 2 is 1.96 bits per heavy atom. The molecule has 2 aliphatic rings. The zero-order valence-electron chi connectivity index (χ0n) is 15.1. The summed E-state index contributed by atoms with van der Waals surface area (Å²) in [6, 6.07) is 4.88. The molecule has 1 atom stereocenters. The van der Waals surface area contributed by atoms with Gasteiger partial charge in [0.15, 0.2) is 0 Å². The van der Waals surface area contributed by atoms with Crippen LogP contribution in [0, 0.1) is 6.92 Å². The van der Waals surface area contributed by atoms with Gasteiger partial charge in [-0.3, -0.25) is 14.9 Å². The molecule has 0 bridgehead atoms. The van der Waals surface area contributed by atoms with Gasteiger partial charge in [0.1, 0.15) is 11.8 Å². The minimum absolute atomic E-state index is 0.0148. The SMILES string of the molecule is COc1cccc(N2CCN(C(=O)CC[C@H]3NC(=O)NC3=O)CC2)c1C. The van der Waals surface area contributed by atoms with E-state index in [9.17, 15) is 14.4 Å². The van der Waals surface area contributed by atoms with Crippen molar-refractivity contribution in [3.05, 3.63) is 23.8 Å². The molecule has 26 heavy (non-hydrogen) atoms. The average Bonchev–Trinajstić information content (AvgIpc) is 2.97. The number of nitrogens with one attached hydrogen (secondary N) is 2. The molecule has 2 heterocycles. The third-order valence-electron chi connectivity index (χ3n) is 4.95. The van der Waals surface area contributed by atoms with E-state index in [0.29, 0.717) is 19.5 Å². The Labute approximate surface area is 152 Å². The molecular formula is C18H24N4O4. The highest BCUT2D eigenvalue weighted by Crippen LogP contribution is 2.29. The van der Waals surface area contributed by atoms with E-state index >= 15 is 0 Å². The number of imide groups is 1. The molecule has 2 aliphatic heterocycles. The number of nitrogens with zero attached hydrogens (tertiary/aromatic N) is 2. The molecule has 8 nitrogen and oxygen atoms in total. The van der Waals surface area contributed by atoms with Crippen LogP contribution in [0.5, 0.6) is 5.75 Å². The second-order valence-corrected chi connectivity index (χ2v) is 6.53. The molecule has 0 radical (unpaired) electrons. The number of ether oxygens (including phenoxy) is 1. The minimum Gasteiger partial charge on any atom is -0.496 e. The van der Waals surface area contributed by atoms with Crippen LogP contribution in [-0.2, 0) is 9.59 Å². The first-order valence-electron chi connectivity index (χ1n) is 8.77. The lowest BCUT2D eigenvalue weighted by molar-refractivity contribution is -0.131. The van der Waals surface area contributed by atoms with Crippen molar-refractivity contribution in [1.29, 1.82) is 0 Å². The Bertz CT molecular complexity index is 713. The predicted octanol–water partition coefficient (Wildman–Crippen LogP) is 0.640. The summed E-state index contributed by atoms with van der Waals surface area (Å²) in [4.78, 5) is 39.1. The van der Waals surface area contributed by atoms with E-state index in [1.54, 1.807) is 7.11 Å². The summed E-state index contributed by atoms with van der Waals surface area (Å²) in [5, 5.41) is 4.70. The van der Waals surface area contributed by atoms with Gasteiger partial charge < -0.3 is 19.9 Å². The summed E-state index contributed by atoms with van der Waals surface area (Å²) >= 11 is 0. The van der Waals surface area contributed by atoms with Crippen LogP contribution in [0.15, 0.2) is 18.2 Å². The van der Waals surface area contributed by atoms with Gasteiger partial charge in [-0.25, -0.2) is 4.79 Å². The molecule has 140 valence electrons. The Morgan fingerprint density at radius 1 is 1.23 bits per heavy atom. The van der Waals surface area contributed by atoms with Gasteiger partial charge in [-0.15, -0.1) is 0 Å². The normalized spacial score (nSPS) is 20.0. The number of carbonyl (C=O) groups is 3. The Balaban J connectivity index is 1.51. The molecular weight excluding hydrogens is 336 g/mol. The average molecular weight is 360 g/mol. The van der Waals surface area contributed by atoms with Crippen LogP contribution in [0.4, 0.5) is 10.5 Å². The maximum atomic E-state index is 12.4. The van der Waals surface area contributed by atoms with Crippen LogP contribution in [-0.4, -0.2) is 62.1 Å². The van der Waals surface area contributed by atoms with E-state index in [0.717, 1.165) is 30.1 Å². The Hall–Kier alpha value is -2.77. The van der Waals surface area contributed by atoms with E-state index < -0.39 is 12.1 Å². The molecule has 4 amide bonds. The fourth-order valence-corrected chi connectivity index (χ4v) is 3.45. The molecule has 0 spiro atoms. The third kappa shape index (κ3) is 3.74. The van der Waals surface area contributed by atoms with Crippen molar-refractivity contribution in [3.63, 3.8) is 0 Å². The van der Waals surface area contributed by atoms with Gasteiger partial charge in [0.2, 0.25) is 5.91 Å². The summed E-state index contributed by atoms with van der Waals surface area (Å²) in [6.07, 6.45) is 0.572. The highest BCUT2D eigenvalue weighted by atomic mass is 16.5. The summed E-state index contributed by atoms with van der Waals surface area (Å²) in [6.45, 7) is 4.81. The molecule has 3 rings (SSSR count). The maximum absolute atomic E-state index is 12.4. The van der Waals surface area contributed by atoms with Crippen molar-refractivity contribution in [2.75, 3.05) is 38.2 Å². The fourth-order valence-electron chi connectivity index (χ4n) is 3.45. The van der Waals surface area contributed by atoms with Crippen LogP contribution in [0.25, 0.3) is 0 Å². The van der Waals surface area contributed by atoms with Crippen LogP contribution in [0.3, 0.4) is 0 Å².